The molecule has 4 rings (SSSR count). The van der Waals surface area contributed by atoms with E-state index in [1.165, 1.54) is 4.88 Å². The van der Waals surface area contributed by atoms with E-state index in [1.54, 1.807) is 22.2 Å². The molecule has 0 saturated carbocycles. The van der Waals surface area contributed by atoms with Crippen LogP contribution in [0.3, 0.4) is 0 Å². The summed E-state index contributed by atoms with van der Waals surface area (Å²) in [5.74, 6) is 1.30. The van der Waals surface area contributed by atoms with Crippen LogP contribution in [-0.2, 0) is 13.5 Å². The van der Waals surface area contributed by atoms with Crippen LogP contribution in [0, 0.1) is 0 Å². The number of nitrogens with one attached hydrogen (secondary N) is 1. The van der Waals surface area contributed by atoms with Crippen LogP contribution in [0.25, 0.3) is 11.3 Å². The lowest BCUT2D eigenvalue weighted by Crippen LogP contribution is -2.25. The van der Waals surface area contributed by atoms with Crippen molar-refractivity contribution in [3.8, 4) is 22.8 Å². The first-order chi connectivity index (χ1) is 13.2. The molecule has 0 unspecified atom stereocenters. The number of rotatable bonds is 5. The van der Waals surface area contributed by atoms with E-state index < -0.39 is 0 Å². The molecule has 140 valence electrons. The Morgan fingerprint density at radius 3 is 2.93 bits per heavy atom. The predicted octanol–water partition coefficient (Wildman–Crippen LogP) is 3.28. The third-order valence-electron chi connectivity index (χ3n) is 4.33. The number of nitrogens with zero attached hydrogens (tertiary/aromatic N) is 2. The zero-order valence-electron chi connectivity index (χ0n) is 15.1. The molecule has 0 aliphatic carbocycles. The highest BCUT2D eigenvalue weighted by atomic mass is 32.1. The Bertz CT molecular complexity index is 934. The maximum absolute atomic E-state index is 12.7. The third-order valence-corrected chi connectivity index (χ3v) is 5.27. The van der Waals surface area contributed by atoms with Gasteiger partial charge in [-0.1, -0.05) is 6.07 Å². The lowest BCUT2D eigenvalue weighted by atomic mass is 10.1. The number of amides is 1. The second kappa shape index (κ2) is 7.84. The summed E-state index contributed by atoms with van der Waals surface area (Å²) in [5, 5.41) is 9.53. The lowest BCUT2D eigenvalue weighted by molar-refractivity contribution is 0.0954. The van der Waals surface area contributed by atoms with Gasteiger partial charge in [0.25, 0.3) is 5.91 Å². The molecule has 1 aromatic carbocycles. The van der Waals surface area contributed by atoms with Crippen molar-refractivity contribution in [2.75, 3.05) is 19.8 Å². The van der Waals surface area contributed by atoms with Crippen LogP contribution in [0.1, 0.15) is 21.7 Å². The monoisotopic (exact) mass is 383 g/mol. The molecule has 0 bridgehead atoms. The fourth-order valence-corrected chi connectivity index (χ4v) is 3.74. The van der Waals surface area contributed by atoms with E-state index in [0.29, 0.717) is 36.8 Å². The minimum Gasteiger partial charge on any atom is -0.490 e. The predicted molar refractivity (Wildman–Crippen MR) is 105 cm³/mol. The van der Waals surface area contributed by atoms with Gasteiger partial charge in [-0.25, -0.2) is 0 Å². The highest BCUT2D eigenvalue weighted by molar-refractivity contribution is 7.09. The average Bonchev–Trinajstić information content (AvgIpc) is 3.25. The van der Waals surface area contributed by atoms with Crippen LogP contribution in [-0.4, -0.2) is 35.4 Å². The molecule has 0 radical (unpaired) electrons. The van der Waals surface area contributed by atoms with Gasteiger partial charge in [-0.3, -0.25) is 9.48 Å². The van der Waals surface area contributed by atoms with Crippen molar-refractivity contribution in [1.29, 1.82) is 0 Å². The zero-order chi connectivity index (χ0) is 18.6. The van der Waals surface area contributed by atoms with E-state index >= 15 is 0 Å². The third kappa shape index (κ3) is 3.98. The second-order valence-corrected chi connectivity index (χ2v) is 7.39. The van der Waals surface area contributed by atoms with E-state index in [9.17, 15) is 4.79 Å². The van der Waals surface area contributed by atoms with Crippen LogP contribution in [0.5, 0.6) is 11.5 Å². The van der Waals surface area contributed by atoms with Crippen molar-refractivity contribution in [2.45, 2.75) is 12.8 Å². The molecule has 1 aliphatic rings. The summed E-state index contributed by atoms with van der Waals surface area (Å²) in [6.07, 6.45) is 3.42. The molecule has 7 heteroatoms. The summed E-state index contributed by atoms with van der Waals surface area (Å²) >= 11 is 1.70. The number of hydrogen-bond acceptors (Lipinski definition) is 5. The number of ether oxygens (including phenoxy) is 2. The highest BCUT2D eigenvalue weighted by Crippen LogP contribution is 2.34. The van der Waals surface area contributed by atoms with Gasteiger partial charge in [0.05, 0.1) is 18.8 Å². The second-order valence-electron chi connectivity index (χ2n) is 6.36. The summed E-state index contributed by atoms with van der Waals surface area (Å²) in [6, 6.07) is 9.78. The van der Waals surface area contributed by atoms with Crippen LogP contribution in [0.15, 0.2) is 41.9 Å². The first kappa shape index (κ1) is 17.6. The Morgan fingerprint density at radius 1 is 1.26 bits per heavy atom. The number of benzene rings is 1. The summed E-state index contributed by atoms with van der Waals surface area (Å²) in [4.78, 5) is 14.0. The number of aromatic nitrogens is 2. The van der Waals surface area contributed by atoms with Crippen LogP contribution in [0.4, 0.5) is 0 Å². The van der Waals surface area contributed by atoms with Gasteiger partial charge in [0.1, 0.15) is 5.69 Å². The molecule has 0 saturated heterocycles. The Balaban J connectivity index is 1.54. The molecule has 27 heavy (non-hydrogen) atoms. The fourth-order valence-electron chi connectivity index (χ4n) is 3.03. The highest BCUT2D eigenvalue weighted by Gasteiger charge is 2.19. The Labute approximate surface area is 161 Å². The molecule has 0 spiro atoms. The first-order valence-corrected chi connectivity index (χ1v) is 9.83. The van der Waals surface area contributed by atoms with Crippen molar-refractivity contribution in [1.82, 2.24) is 15.1 Å². The van der Waals surface area contributed by atoms with Crippen molar-refractivity contribution in [2.24, 2.45) is 7.05 Å². The maximum Gasteiger partial charge on any atom is 0.255 e. The van der Waals surface area contributed by atoms with Crippen molar-refractivity contribution < 1.29 is 14.3 Å². The molecule has 3 aromatic rings. The van der Waals surface area contributed by atoms with Crippen molar-refractivity contribution >= 4 is 17.2 Å². The Kier molecular flexibility index (Phi) is 5.11. The van der Waals surface area contributed by atoms with E-state index in [4.69, 9.17) is 9.47 Å². The molecule has 1 amide bonds. The van der Waals surface area contributed by atoms with Gasteiger partial charge >= 0.3 is 0 Å². The number of hydrogen-bond donors (Lipinski definition) is 1. The van der Waals surface area contributed by atoms with E-state index in [0.717, 1.165) is 24.2 Å². The van der Waals surface area contributed by atoms with Crippen molar-refractivity contribution in [3.63, 3.8) is 0 Å². The smallest absolute Gasteiger partial charge is 0.255 e. The molecule has 2 aromatic heterocycles. The number of thiophene rings is 1. The summed E-state index contributed by atoms with van der Waals surface area (Å²) < 4.78 is 13.1. The minimum atomic E-state index is -0.123. The van der Waals surface area contributed by atoms with Gasteiger partial charge in [0.2, 0.25) is 0 Å². The van der Waals surface area contributed by atoms with Gasteiger partial charge < -0.3 is 14.8 Å². The fraction of sp³-hybridized carbons (Fsp3) is 0.300. The first-order valence-electron chi connectivity index (χ1n) is 8.95. The molecule has 6 nitrogen and oxygen atoms in total. The SMILES string of the molecule is Cn1cc(C(=O)NCCc2cccs2)c(-c2ccc3c(c2)OCCCO3)n1. The van der Waals surface area contributed by atoms with Crippen LogP contribution < -0.4 is 14.8 Å². The summed E-state index contributed by atoms with van der Waals surface area (Å²) in [5.41, 5.74) is 2.03. The Hall–Kier alpha value is -2.80. The molecular formula is C20H21N3O3S. The summed E-state index contributed by atoms with van der Waals surface area (Å²) in [7, 11) is 1.81. The molecular weight excluding hydrogens is 362 g/mol. The largest absolute Gasteiger partial charge is 0.490 e. The van der Waals surface area contributed by atoms with Gasteiger partial charge in [0.15, 0.2) is 11.5 Å². The quantitative estimate of drug-likeness (QED) is 0.734. The molecule has 1 N–H and O–H groups in total. The molecule has 0 atom stereocenters. The normalized spacial score (nSPS) is 13.2. The standard InChI is InChI=1S/C20H21N3O3S/c1-23-13-16(20(24)21-8-7-15-4-2-11-27-15)19(22-23)14-5-6-17-18(12-14)26-10-3-9-25-17/h2,4-6,11-13H,3,7-10H2,1H3,(H,21,24). The molecule has 3 heterocycles. The number of carbonyl (C=O) groups excluding carboxylic acids is 1. The van der Waals surface area contributed by atoms with Gasteiger partial charge in [-0.15, -0.1) is 11.3 Å². The van der Waals surface area contributed by atoms with Gasteiger partial charge in [-0.05, 0) is 36.1 Å². The maximum atomic E-state index is 12.7. The van der Waals surface area contributed by atoms with E-state index in [2.05, 4.69) is 16.5 Å². The average molecular weight is 383 g/mol. The number of carbonyl (C=O) groups is 1. The minimum absolute atomic E-state index is 0.123. The van der Waals surface area contributed by atoms with Crippen LogP contribution >= 0.6 is 11.3 Å². The Morgan fingerprint density at radius 2 is 2.11 bits per heavy atom. The number of aryl methyl sites for hydroxylation is 1. The lowest BCUT2D eigenvalue weighted by Gasteiger charge is -2.09. The zero-order valence-corrected chi connectivity index (χ0v) is 15.9. The van der Waals surface area contributed by atoms with E-state index in [1.807, 2.05) is 36.7 Å². The van der Waals surface area contributed by atoms with E-state index in [-0.39, 0.29) is 5.91 Å². The number of fused-ring (bicyclic) bond motifs is 1. The molecule has 0 fully saturated rings. The van der Waals surface area contributed by atoms with Gasteiger partial charge in [0, 0.05) is 36.7 Å². The summed E-state index contributed by atoms with van der Waals surface area (Å²) in [6.45, 7) is 1.86. The van der Waals surface area contributed by atoms with Gasteiger partial charge in [-0.2, -0.15) is 5.10 Å². The van der Waals surface area contributed by atoms with Crippen molar-refractivity contribution in [3.05, 3.63) is 52.3 Å². The topological polar surface area (TPSA) is 65.4 Å². The molecule has 1 aliphatic heterocycles. The van der Waals surface area contributed by atoms with Crippen LogP contribution in [0.2, 0.25) is 0 Å².